The summed E-state index contributed by atoms with van der Waals surface area (Å²) in [5.41, 5.74) is 3.09. The van der Waals surface area contributed by atoms with Crippen molar-refractivity contribution in [2.75, 3.05) is 50.8 Å². The summed E-state index contributed by atoms with van der Waals surface area (Å²) < 4.78 is 5.34. The van der Waals surface area contributed by atoms with E-state index in [2.05, 4.69) is 50.0 Å². The van der Waals surface area contributed by atoms with Crippen molar-refractivity contribution in [1.29, 1.82) is 0 Å². The van der Waals surface area contributed by atoms with Crippen LogP contribution in [0.5, 0.6) is 0 Å². The SMILES string of the molecule is CC(=O)N(CC(=O)NCCN1CCOCC1)c1c(C(C)C)cccc1C(C)C. The average Bonchev–Trinajstić information content (AvgIpc) is 2.66. The zero-order chi connectivity index (χ0) is 20.7. The molecule has 1 aliphatic rings. The second-order valence-electron chi connectivity index (χ2n) is 8.00. The Morgan fingerprint density at radius 2 is 1.68 bits per heavy atom. The maximum absolute atomic E-state index is 12.6. The molecule has 2 rings (SSSR count). The van der Waals surface area contributed by atoms with E-state index in [1.807, 2.05) is 6.07 Å². The van der Waals surface area contributed by atoms with E-state index >= 15 is 0 Å². The van der Waals surface area contributed by atoms with E-state index in [4.69, 9.17) is 4.74 Å². The van der Waals surface area contributed by atoms with Gasteiger partial charge in [-0.25, -0.2) is 0 Å². The molecular weight excluding hydrogens is 354 g/mol. The summed E-state index contributed by atoms with van der Waals surface area (Å²) in [5.74, 6) is 0.287. The fraction of sp³-hybridized carbons (Fsp3) is 0.636. The first-order valence-electron chi connectivity index (χ1n) is 10.3. The molecule has 1 aliphatic heterocycles. The van der Waals surface area contributed by atoms with Gasteiger partial charge in [0.25, 0.3) is 0 Å². The Balaban J connectivity index is 2.10. The summed E-state index contributed by atoms with van der Waals surface area (Å²) in [4.78, 5) is 29.0. The Morgan fingerprint density at radius 1 is 1.11 bits per heavy atom. The topological polar surface area (TPSA) is 61.9 Å². The van der Waals surface area contributed by atoms with E-state index in [9.17, 15) is 9.59 Å². The number of rotatable bonds is 8. The lowest BCUT2D eigenvalue weighted by Crippen LogP contribution is -2.44. The van der Waals surface area contributed by atoms with Crippen molar-refractivity contribution in [3.05, 3.63) is 29.3 Å². The Kier molecular flexibility index (Phi) is 8.45. The number of hydrogen-bond donors (Lipinski definition) is 1. The summed E-state index contributed by atoms with van der Waals surface area (Å²) >= 11 is 0. The van der Waals surface area contributed by atoms with Crippen LogP contribution >= 0.6 is 0 Å². The molecule has 0 aliphatic carbocycles. The highest BCUT2D eigenvalue weighted by atomic mass is 16.5. The van der Waals surface area contributed by atoms with Crippen molar-refractivity contribution in [3.8, 4) is 0 Å². The van der Waals surface area contributed by atoms with E-state index < -0.39 is 0 Å². The minimum Gasteiger partial charge on any atom is -0.379 e. The maximum atomic E-state index is 12.6. The molecule has 0 saturated carbocycles. The van der Waals surface area contributed by atoms with Gasteiger partial charge in [0.1, 0.15) is 6.54 Å². The Bertz CT molecular complexity index is 641. The summed E-state index contributed by atoms with van der Waals surface area (Å²) in [6.07, 6.45) is 0. The van der Waals surface area contributed by atoms with E-state index in [0.717, 1.165) is 49.7 Å². The summed E-state index contributed by atoms with van der Waals surface area (Å²) in [7, 11) is 0. The fourth-order valence-corrected chi connectivity index (χ4v) is 3.55. The third-order valence-electron chi connectivity index (χ3n) is 5.15. The average molecular weight is 390 g/mol. The van der Waals surface area contributed by atoms with E-state index in [1.165, 1.54) is 6.92 Å². The lowest BCUT2D eigenvalue weighted by molar-refractivity contribution is -0.123. The number of anilines is 1. The first-order valence-corrected chi connectivity index (χ1v) is 10.3. The molecule has 0 atom stereocenters. The molecule has 6 nitrogen and oxygen atoms in total. The van der Waals surface area contributed by atoms with Crippen LogP contribution in [-0.4, -0.2) is 62.7 Å². The third-order valence-corrected chi connectivity index (χ3v) is 5.15. The van der Waals surface area contributed by atoms with E-state index in [-0.39, 0.29) is 30.2 Å². The van der Waals surface area contributed by atoms with Crippen molar-refractivity contribution < 1.29 is 14.3 Å². The molecule has 0 unspecified atom stereocenters. The molecule has 1 N–H and O–H groups in total. The predicted octanol–water partition coefficient (Wildman–Crippen LogP) is 2.73. The molecule has 28 heavy (non-hydrogen) atoms. The lowest BCUT2D eigenvalue weighted by Gasteiger charge is -2.29. The summed E-state index contributed by atoms with van der Waals surface area (Å²) in [6, 6.07) is 6.14. The maximum Gasteiger partial charge on any atom is 0.240 e. The predicted molar refractivity (Wildman–Crippen MR) is 113 cm³/mol. The fourth-order valence-electron chi connectivity index (χ4n) is 3.55. The summed E-state index contributed by atoms with van der Waals surface area (Å²) in [6.45, 7) is 14.7. The van der Waals surface area contributed by atoms with E-state index in [0.29, 0.717) is 6.54 Å². The standard InChI is InChI=1S/C22H35N3O3/c1-16(2)19-7-6-8-20(17(3)4)22(19)25(18(5)26)15-21(27)23-9-10-24-11-13-28-14-12-24/h6-8,16-17H,9-15H2,1-5H3,(H,23,27). The monoisotopic (exact) mass is 389 g/mol. The third kappa shape index (κ3) is 6.04. The minimum absolute atomic E-state index is 0.0435. The normalized spacial score (nSPS) is 15.1. The highest BCUT2D eigenvalue weighted by Gasteiger charge is 2.24. The molecule has 1 aromatic rings. The van der Waals surface area contributed by atoms with Crippen LogP contribution in [0.25, 0.3) is 0 Å². The van der Waals surface area contributed by atoms with Crippen molar-refractivity contribution >= 4 is 17.5 Å². The number of benzene rings is 1. The highest BCUT2D eigenvalue weighted by molar-refractivity contribution is 5.99. The molecular formula is C22H35N3O3. The van der Waals surface area contributed by atoms with Crippen LogP contribution in [-0.2, 0) is 14.3 Å². The van der Waals surface area contributed by atoms with Crippen LogP contribution in [0.4, 0.5) is 5.69 Å². The van der Waals surface area contributed by atoms with Crippen molar-refractivity contribution in [2.24, 2.45) is 0 Å². The van der Waals surface area contributed by atoms with Crippen LogP contribution in [0.1, 0.15) is 57.6 Å². The zero-order valence-corrected chi connectivity index (χ0v) is 18.0. The van der Waals surface area contributed by atoms with Crippen LogP contribution in [0.2, 0.25) is 0 Å². The van der Waals surface area contributed by atoms with Gasteiger partial charge in [-0.1, -0.05) is 45.9 Å². The van der Waals surface area contributed by atoms with Gasteiger partial charge < -0.3 is 15.0 Å². The van der Waals surface area contributed by atoms with Gasteiger partial charge in [-0.3, -0.25) is 14.5 Å². The molecule has 0 aromatic heterocycles. The number of carbonyl (C=O) groups excluding carboxylic acids is 2. The Hall–Kier alpha value is -1.92. The highest BCUT2D eigenvalue weighted by Crippen LogP contribution is 2.35. The van der Waals surface area contributed by atoms with Crippen LogP contribution in [0, 0.1) is 0 Å². The number of nitrogens with zero attached hydrogens (tertiary/aromatic N) is 2. The minimum atomic E-state index is -0.128. The first-order chi connectivity index (χ1) is 13.3. The van der Waals surface area contributed by atoms with Crippen molar-refractivity contribution in [3.63, 3.8) is 0 Å². The second-order valence-corrected chi connectivity index (χ2v) is 8.00. The number of morpholine rings is 1. The van der Waals surface area contributed by atoms with Crippen molar-refractivity contribution in [2.45, 2.75) is 46.5 Å². The van der Waals surface area contributed by atoms with Crippen molar-refractivity contribution in [1.82, 2.24) is 10.2 Å². The molecule has 0 spiro atoms. The number of para-hydroxylation sites is 1. The molecule has 2 amide bonds. The quantitative estimate of drug-likeness (QED) is 0.743. The molecule has 0 bridgehead atoms. The molecule has 1 saturated heterocycles. The van der Waals surface area contributed by atoms with E-state index in [1.54, 1.807) is 4.90 Å². The van der Waals surface area contributed by atoms with Gasteiger partial charge >= 0.3 is 0 Å². The van der Waals surface area contributed by atoms with Crippen LogP contribution in [0.3, 0.4) is 0 Å². The number of carbonyl (C=O) groups is 2. The van der Waals surface area contributed by atoms with Gasteiger partial charge in [-0.15, -0.1) is 0 Å². The van der Waals surface area contributed by atoms with Gasteiger partial charge in [-0.2, -0.15) is 0 Å². The molecule has 1 fully saturated rings. The van der Waals surface area contributed by atoms with Gasteiger partial charge in [0.05, 0.1) is 18.9 Å². The molecule has 0 radical (unpaired) electrons. The van der Waals surface area contributed by atoms with Crippen LogP contribution in [0.15, 0.2) is 18.2 Å². The van der Waals surface area contributed by atoms with Gasteiger partial charge in [0.15, 0.2) is 0 Å². The number of ether oxygens (including phenoxy) is 1. The zero-order valence-electron chi connectivity index (χ0n) is 18.0. The number of hydrogen-bond acceptors (Lipinski definition) is 4. The van der Waals surface area contributed by atoms with Gasteiger partial charge in [0, 0.05) is 33.1 Å². The number of nitrogens with one attached hydrogen (secondary N) is 1. The molecule has 1 aromatic carbocycles. The first kappa shape index (κ1) is 22.4. The Labute approximate surface area is 169 Å². The van der Waals surface area contributed by atoms with Crippen LogP contribution < -0.4 is 10.2 Å². The largest absolute Gasteiger partial charge is 0.379 e. The molecule has 1 heterocycles. The molecule has 6 heteroatoms. The second kappa shape index (κ2) is 10.6. The lowest BCUT2D eigenvalue weighted by atomic mass is 9.91. The Morgan fingerprint density at radius 3 is 2.18 bits per heavy atom. The number of amides is 2. The summed E-state index contributed by atoms with van der Waals surface area (Å²) in [5, 5.41) is 2.97. The molecule has 156 valence electrons. The smallest absolute Gasteiger partial charge is 0.240 e. The van der Waals surface area contributed by atoms with Gasteiger partial charge in [-0.05, 0) is 23.0 Å². The van der Waals surface area contributed by atoms with Gasteiger partial charge in [0.2, 0.25) is 11.8 Å².